The second-order valence-corrected chi connectivity index (χ2v) is 3.44. The number of hydrogen-bond acceptors (Lipinski definition) is 3. The Balaban J connectivity index is 2.37. The number of terminal acetylenes is 2. The first-order chi connectivity index (χ1) is 8.85. The molecule has 0 bridgehead atoms. The molecular formula is C14H11N3O. The van der Waals surface area contributed by atoms with Gasteiger partial charge in [-0.3, -0.25) is 0 Å². The van der Waals surface area contributed by atoms with Gasteiger partial charge < -0.3 is 4.74 Å². The predicted molar refractivity (Wildman–Crippen MR) is 68.6 cm³/mol. The zero-order valence-electron chi connectivity index (χ0n) is 9.71. The van der Waals surface area contributed by atoms with Gasteiger partial charge in [-0.2, -0.15) is 4.98 Å². The molecule has 0 aliphatic rings. The van der Waals surface area contributed by atoms with Gasteiger partial charge in [0.15, 0.2) is 12.4 Å². The van der Waals surface area contributed by atoms with Crippen LogP contribution in [0.5, 0.6) is 6.01 Å². The van der Waals surface area contributed by atoms with Crippen LogP contribution in [0.25, 0.3) is 11.4 Å². The lowest BCUT2D eigenvalue weighted by atomic mass is 10.2. The molecule has 1 aromatic heterocycles. The number of hydrogen-bond donors (Lipinski definition) is 0. The average molecular weight is 237 g/mol. The summed E-state index contributed by atoms with van der Waals surface area (Å²) >= 11 is 0. The molecule has 0 aliphatic carbocycles. The highest BCUT2D eigenvalue weighted by Crippen LogP contribution is 2.19. The van der Waals surface area contributed by atoms with Gasteiger partial charge in [0.05, 0.1) is 0 Å². The highest BCUT2D eigenvalue weighted by atomic mass is 16.5. The lowest BCUT2D eigenvalue weighted by Crippen LogP contribution is -2.01. The highest BCUT2D eigenvalue weighted by molar-refractivity contribution is 5.55. The summed E-state index contributed by atoms with van der Waals surface area (Å²) in [7, 11) is 0. The highest BCUT2D eigenvalue weighted by Gasteiger charge is 2.11. The molecule has 18 heavy (non-hydrogen) atoms. The van der Waals surface area contributed by atoms with Crippen molar-refractivity contribution in [3.8, 4) is 42.1 Å². The summed E-state index contributed by atoms with van der Waals surface area (Å²) in [5.74, 6) is 5.56. The zero-order chi connectivity index (χ0) is 12.8. The minimum absolute atomic E-state index is 0.133. The topological polar surface area (TPSA) is 39.9 Å². The fourth-order valence-corrected chi connectivity index (χ4v) is 1.49. The van der Waals surface area contributed by atoms with Crippen molar-refractivity contribution in [2.45, 2.75) is 6.54 Å². The maximum atomic E-state index is 5.31. The summed E-state index contributed by atoms with van der Waals surface area (Å²) in [5.41, 5.74) is 0.927. The van der Waals surface area contributed by atoms with Gasteiger partial charge >= 0.3 is 6.01 Å². The molecule has 0 unspecified atom stereocenters. The minimum Gasteiger partial charge on any atom is -0.449 e. The van der Waals surface area contributed by atoms with Gasteiger partial charge in [-0.1, -0.05) is 42.2 Å². The van der Waals surface area contributed by atoms with E-state index < -0.39 is 0 Å². The summed E-state index contributed by atoms with van der Waals surface area (Å²) in [5, 5.41) is 4.16. The molecule has 0 N–H and O–H groups in total. The summed E-state index contributed by atoms with van der Waals surface area (Å²) in [4.78, 5) is 4.28. The van der Waals surface area contributed by atoms with Crippen molar-refractivity contribution in [3.63, 3.8) is 0 Å². The third-order valence-electron chi connectivity index (χ3n) is 2.21. The SMILES string of the molecule is C#CCOc1nc(-c2ccccc2)n(CC#C)n1. The number of rotatable bonds is 4. The second kappa shape index (κ2) is 5.56. The lowest BCUT2D eigenvalue weighted by molar-refractivity contribution is 0.338. The van der Waals surface area contributed by atoms with E-state index in [2.05, 4.69) is 21.9 Å². The maximum Gasteiger partial charge on any atom is 0.337 e. The molecule has 0 spiro atoms. The molecule has 4 nitrogen and oxygen atoms in total. The molecule has 0 saturated heterocycles. The molecule has 1 heterocycles. The van der Waals surface area contributed by atoms with Gasteiger partial charge in [0, 0.05) is 5.56 Å². The Kier molecular flexibility index (Phi) is 3.63. The largest absolute Gasteiger partial charge is 0.449 e. The maximum absolute atomic E-state index is 5.31. The predicted octanol–water partition coefficient (Wildman–Crippen LogP) is 1.59. The van der Waals surface area contributed by atoms with Gasteiger partial charge in [-0.05, 0) is 0 Å². The van der Waals surface area contributed by atoms with Crippen LogP contribution in [0.2, 0.25) is 0 Å². The van der Waals surface area contributed by atoms with E-state index in [0.717, 1.165) is 5.56 Å². The van der Waals surface area contributed by atoms with Crippen LogP contribution in [0.4, 0.5) is 0 Å². The molecule has 4 heteroatoms. The first kappa shape index (κ1) is 11.8. The summed E-state index contributed by atoms with van der Waals surface area (Å²) in [6.45, 7) is 0.463. The molecule has 0 aliphatic heterocycles. The number of ether oxygens (including phenoxy) is 1. The molecule has 1 aromatic carbocycles. The fraction of sp³-hybridized carbons (Fsp3) is 0.143. The Morgan fingerprint density at radius 1 is 1.17 bits per heavy atom. The number of nitrogens with zero attached hydrogens (tertiary/aromatic N) is 3. The number of benzene rings is 1. The quantitative estimate of drug-likeness (QED) is 0.758. The average Bonchev–Trinajstić information content (AvgIpc) is 2.81. The molecule has 0 radical (unpaired) electrons. The third kappa shape index (κ3) is 2.50. The van der Waals surface area contributed by atoms with E-state index in [4.69, 9.17) is 17.6 Å². The summed E-state index contributed by atoms with van der Waals surface area (Å²) in [6, 6.07) is 9.88. The van der Waals surface area contributed by atoms with Crippen LogP contribution >= 0.6 is 0 Å². The Morgan fingerprint density at radius 2 is 1.94 bits per heavy atom. The van der Waals surface area contributed by atoms with Crippen LogP contribution < -0.4 is 4.74 Å². The Morgan fingerprint density at radius 3 is 2.61 bits per heavy atom. The van der Waals surface area contributed by atoms with E-state index in [1.807, 2.05) is 30.3 Å². The standard InChI is InChI=1S/C14H11N3O/c1-3-10-17-13(12-8-6-5-7-9-12)15-14(16-17)18-11-4-2/h1-2,5-9H,10-11H2. The monoisotopic (exact) mass is 237 g/mol. The second-order valence-electron chi connectivity index (χ2n) is 3.44. The van der Waals surface area contributed by atoms with Gasteiger partial charge in [0.25, 0.3) is 0 Å². The third-order valence-corrected chi connectivity index (χ3v) is 2.21. The van der Waals surface area contributed by atoms with Crippen molar-refractivity contribution in [2.75, 3.05) is 6.61 Å². The Bertz CT molecular complexity index is 602. The Hall–Kier alpha value is -2.72. The van der Waals surface area contributed by atoms with Crippen LogP contribution in [-0.2, 0) is 6.54 Å². The summed E-state index contributed by atoms with van der Waals surface area (Å²) in [6.07, 6.45) is 10.4. The van der Waals surface area contributed by atoms with Crippen LogP contribution in [0.1, 0.15) is 0 Å². The van der Waals surface area contributed by atoms with Crippen molar-refractivity contribution in [3.05, 3.63) is 30.3 Å². The first-order valence-corrected chi connectivity index (χ1v) is 5.35. The van der Waals surface area contributed by atoms with E-state index in [-0.39, 0.29) is 12.6 Å². The van der Waals surface area contributed by atoms with Crippen LogP contribution in [0.15, 0.2) is 30.3 Å². The van der Waals surface area contributed by atoms with Crippen LogP contribution in [0, 0.1) is 24.7 Å². The number of aromatic nitrogens is 3. The molecular weight excluding hydrogens is 226 g/mol. The van der Waals surface area contributed by atoms with Crippen molar-refractivity contribution >= 4 is 0 Å². The molecule has 88 valence electrons. The van der Waals surface area contributed by atoms with E-state index >= 15 is 0 Å². The van der Waals surface area contributed by atoms with Crippen molar-refractivity contribution in [1.82, 2.24) is 14.8 Å². The van der Waals surface area contributed by atoms with E-state index in [1.54, 1.807) is 4.68 Å². The molecule has 0 atom stereocenters. The fourth-order valence-electron chi connectivity index (χ4n) is 1.49. The van der Waals surface area contributed by atoms with Crippen LogP contribution in [0.3, 0.4) is 0 Å². The van der Waals surface area contributed by atoms with Gasteiger partial charge in [0.1, 0.15) is 6.54 Å². The van der Waals surface area contributed by atoms with E-state index in [0.29, 0.717) is 12.4 Å². The van der Waals surface area contributed by atoms with Crippen molar-refractivity contribution in [1.29, 1.82) is 0 Å². The smallest absolute Gasteiger partial charge is 0.337 e. The zero-order valence-corrected chi connectivity index (χ0v) is 9.71. The first-order valence-electron chi connectivity index (χ1n) is 5.35. The lowest BCUT2D eigenvalue weighted by Gasteiger charge is -2.00. The molecule has 2 rings (SSSR count). The molecule has 0 fully saturated rings. The van der Waals surface area contributed by atoms with Gasteiger partial charge in [-0.25, -0.2) is 4.68 Å². The van der Waals surface area contributed by atoms with Crippen molar-refractivity contribution < 1.29 is 4.74 Å². The normalized spacial score (nSPS) is 9.44. The van der Waals surface area contributed by atoms with Gasteiger partial charge in [0.2, 0.25) is 0 Å². The molecule has 2 aromatic rings. The van der Waals surface area contributed by atoms with E-state index in [9.17, 15) is 0 Å². The van der Waals surface area contributed by atoms with Gasteiger partial charge in [-0.15, -0.1) is 17.9 Å². The summed E-state index contributed by atoms with van der Waals surface area (Å²) < 4.78 is 6.81. The van der Waals surface area contributed by atoms with Crippen LogP contribution in [-0.4, -0.2) is 21.4 Å². The van der Waals surface area contributed by atoms with Crippen molar-refractivity contribution in [2.24, 2.45) is 0 Å². The van der Waals surface area contributed by atoms with E-state index in [1.165, 1.54) is 0 Å². The molecule has 0 amide bonds. The molecule has 0 saturated carbocycles. The minimum atomic E-state index is 0.133. The Labute approximate surface area is 106 Å².